The van der Waals surface area contributed by atoms with E-state index in [9.17, 15) is 4.39 Å². The molecule has 2 atom stereocenters. The Morgan fingerprint density at radius 1 is 1.24 bits per heavy atom. The third-order valence-electron chi connectivity index (χ3n) is 5.81. The second kappa shape index (κ2) is 10.2. The number of aromatic nitrogens is 2. The summed E-state index contributed by atoms with van der Waals surface area (Å²) in [5, 5.41) is 3.57. The molecule has 2 aromatic heterocycles. The predicted molar refractivity (Wildman–Crippen MR) is 134 cm³/mol. The van der Waals surface area contributed by atoms with E-state index < -0.39 is 11.9 Å². The molecule has 1 saturated heterocycles. The van der Waals surface area contributed by atoms with E-state index in [1.807, 2.05) is 6.07 Å². The van der Waals surface area contributed by atoms with Crippen LogP contribution in [-0.4, -0.2) is 42.8 Å². The van der Waals surface area contributed by atoms with Crippen LogP contribution in [0.4, 0.5) is 16.0 Å². The second-order valence-electron chi connectivity index (χ2n) is 8.10. The number of anilines is 2. The Balaban J connectivity index is 1.72. The molecule has 0 unspecified atom stereocenters. The van der Waals surface area contributed by atoms with Crippen LogP contribution in [0.1, 0.15) is 25.5 Å². The van der Waals surface area contributed by atoms with Gasteiger partial charge in [0.15, 0.2) is 0 Å². The van der Waals surface area contributed by atoms with Crippen molar-refractivity contribution in [3.05, 3.63) is 58.0 Å². The van der Waals surface area contributed by atoms with Crippen molar-refractivity contribution < 1.29 is 13.9 Å². The van der Waals surface area contributed by atoms with E-state index in [2.05, 4.69) is 22.1 Å². The summed E-state index contributed by atoms with van der Waals surface area (Å²) in [6.45, 7) is 6.48. The Morgan fingerprint density at radius 2 is 2.03 bits per heavy atom. The average molecular weight is 506 g/mol. The fourth-order valence-electron chi connectivity index (χ4n) is 4.03. The first-order chi connectivity index (χ1) is 16.3. The molecule has 0 spiro atoms. The van der Waals surface area contributed by atoms with E-state index in [1.54, 1.807) is 32.4 Å². The number of methoxy groups -OCH3 is 1. The number of hydrogen-bond donors (Lipinski definition) is 2. The Labute approximate surface area is 208 Å². The summed E-state index contributed by atoms with van der Waals surface area (Å²) in [5.41, 5.74) is 7.57. The number of halogens is 3. The van der Waals surface area contributed by atoms with Crippen molar-refractivity contribution in [2.24, 2.45) is 0 Å². The van der Waals surface area contributed by atoms with Crippen LogP contribution in [-0.2, 0) is 0 Å². The fraction of sp³-hybridized carbons (Fsp3) is 0.333. The molecule has 0 aliphatic carbocycles. The van der Waals surface area contributed by atoms with Crippen molar-refractivity contribution in [1.82, 2.24) is 15.3 Å². The van der Waals surface area contributed by atoms with Gasteiger partial charge in [0.05, 0.1) is 12.1 Å². The van der Waals surface area contributed by atoms with Crippen LogP contribution in [0.2, 0.25) is 10.0 Å². The van der Waals surface area contributed by atoms with Gasteiger partial charge in [-0.3, -0.25) is 0 Å². The van der Waals surface area contributed by atoms with E-state index in [1.165, 1.54) is 12.1 Å². The van der Waals surface area contributed by atoms with Gasteiger partial charge in [-0.25, -0.2) is 9.37 Å². The number of piperazine rings is 1. The fourth-order valence-corrected chi connectivity index (χ4v) is 4.71. The van der Waals surface area contributed by atoms with Crippen LogP contribution in [0.15, 0.2) is 36.5 Å². The van der Waals surface area contributed by atoms with Gasteiger partial charge in [-0.15, -0.1) is 0 Å². The van der Waals surface area contributed by atoms with Gasteiger partial charge in [-0.05, 0) is 38.1 Å². The molecule has 1 aliphatic rings. The maximum absolute atomic E-state index is 14.1. The van der Waals surface area contributed by atoms with Crippen LogP contribution in [0.3, 0.4) is 0 Å². The summed E-state index contributed by atoms with van der Waals surface area (Å²) in [6.07, 6.45) is 1.03. The van der Waals surface area contributed by atoms with Crippen LogP contribution in [0.5, 0.6) is 11.6 Å². The normalized spacial score (nSPS) is 16.9. The van der Waals surface area contributed by atoms with Gasteiger partial charge in [0.2, 0.25) is 5.88 Å². The molecule has 7 nitrogen and oxygen atoms in total. The average Bonchev–Trinajstić information content (AvgIpc) is 2.82. The van der Waals surface area contributed by atoms with Crippen LogP contribution < -0.4 is 25.4 Å². The first-order valence-electron chi connectivity index (χ1n) is 10.9. The number of nitrogen functional groups attached to an aromatic ring is 1. The second-order valence-corrected chi connectivity index (χ2v) is 8.88. The third-order valence-corrected chi connectivity index (χ3v) is 6.53. The Hall–Kier alpha value is -2.81. The van der Waals surface area contributed by atoms with Gasteiger partial charge in [-0.2, -0.15) is 4.98 Å². The number of ether oxygens (including phenoxy) is 2. The summed E-state index contributed by atoms with van der Waals surface area (Å²) in [6, 6.07) is 8.31. The van der Waals surface area contributed by atoms with E-state index in [4.69, 9.17) is 43.4 Å². The lowest BCUT2D eigenvalue weighted by Gasteiger charge is -2.35. The summed E-state index contributed by atoms with van der Waals surface area (Å²) in [7, 11) is 1.60. The standard InChI is InChI=1S/C24H26Cl2FN5O2/c1-13-11-29-8-9-32(13)21-10-19(33-3)16(12-30-21)15-4-7-20(28)31-24(15)34-14(2)22-17(25)5-6-18(27)23(22)26/h4-7,10,12-14,29H,8-9,11H2,1-3H3,(H2,28,31)/t13-,14+/m0/s1. The molecule has 1 aromatic carbocycles. The summed E-state index contributed by atoms with van der Waals surface area (Å²) in [4.78, 5) is 11.3. The van der Waals surface area contributed by atoms with Crippen LogP contribution in [0.25, 0.3) is 11.1 Å². The zero-order valence-electron chi connectivity index (χ0n) is 19.1. The largest absolute Gasteiger partial charge is 0.496 e. The zero-order chi connectivity index (χ0) is 24.4. The molecule has 0 saturated carbocycles. The van der Waals surface area contributed by atoms with Crippen LogP contribution in [0, 0.1) is 5.82 Å². The highest BCUT2D eigenvalue weighted by Crippen LogP contribution is 2.40. The molecule has 0 amide bonds. The van der Waals surface area contributed by atoms with Crippen LogP contribution >= 0.6 is 23.2 Å². The first kappa shape index (κ1) is 24.3. The zero-order valence-corrected chi connectivity index (χ0v) is 20.6. The van der Waals surface area contributed by atoms with Gasteiger partial charge < -0.3 is 25.4 Å². The first-order valence-corrected chi connectivity index (χ1v) is 11.6. The van der Waals surface area contributed by atoms with Crippen molar-refractivity contribution in [1.29, 1.82) is 0 Å². The smallest absolute Gasteiger partial charge is 0.224 e. The van der Waals surface area contributed by atoms with E-state index in [0.29, 0.717) is 28.5 Å². The van der Waals surface area contributed by atoms with E-state index in [-0.39, 0.29) is 21.7 Å². The molecule has 3 aromatic rings. The summed E-state index contributed by atoms with van der Waals surface area (Å²) in [5.74, 6) is 1.35. The number of benzene rings is 1. The van der Waals surface area contributed by atoms with E-state index >= 15 is 0 Å². The Bertz CT molecular complexity index is 1200. The third kappa shape index (κ3) is 4.85. The minimum Gasteiger partial charge on any atom is -0.496 e. The Kier molecular flexibility index (Phi) is 7.30. The molecule has 34 heavy (non-hydrogen) atoms. The molecular weight excluding hydrogens is 480 g/mol. The number of nitrogens with two attached hydrogens (primary N) is 1. The highest BCUT2D eigenvalue weighted by atomic mass is 35.5. The number of pyridine rings is 2. The number of nitrogens with zero attached hydrogens (tertiary/aromatic N) is 3. The lowest BCUT2D eigenvalue weighted by molar-refractivity contribution is 0.218. The topological polar surface area (TPSA) is 85.5 Å². The van der Waals surface area contributed by atoms with Crippen molar-refractivity contribution in [3.8, 4) is 22.8 Å². The molecule has 180 valence electrons. The molecule has 3 N–H and O–H groups in total. The molecule has 10 heteroatoms. The maximum atomic E-state index is 14.1. The van der Waals surface area contributed by atoms with Gasteiger partial charge in [-0.1, -0.05) is 23.2 Å². The quantitative estimate of drug-likeness (QED) is 0.449. The lowest BCUT2D eigenvalue weighted by atomic mass is 10.1. The highest BCUT2D eigenvalue weighted by molar-refractivity contribution is 6.36. The molecule has 3 heterocycles. The lowest BCUT2D eigenvalue weighted by Crippen LogP contribution is -2.50. The van der Waals surface area contributed by atoms with Gasteiger partial charge >= 0.3 is 0 Å². The molecule has 0 bridgehead atoms. The number of rotatable bonds is 6. The summed E-state index contributed by atoms with van der Waals surface area (Å²) >= 11 is 12.5. The van der Waals surface area contributed by atoms with E-state index in [0.717, 1.165) is 25.5 Å². The minimum absolute atomic E-state index is 0.0980. The minimum atomic E-state index is -0.705. The van der Waals surface area contributed by atoms with Crippen molar-refractivity contribution >= 4 is 34.8 Å². The van der Waals surface area contributed by atoms with Crippen molar-refractivity contribution in [2.75, 3.05) is 37.4 Å². The summed E-state index contributed by atoms with van der Waals surface area (Å²) < 4.78 is 25.9. The predicted octanol–water partition coefficient (Wildman–Crippen LogP) is 5.12. The van der Waals surface area contributed by atoms with Crippen molar-refractivity contribution in [2.45, 2.75) is 26.0 Å². The molecule has 4 rings (SSSR count). The number of nitrogens with one attached hydrogen (secondary N) is 1. The molecular formula is C24H26Cl2FN5O2. The SMILES string of the molecule is COc1cc(N2CCNC[C@@H]2C)ncc1-c1ccc(N)nc1O[C@H](C)c1c(Cl)ccc(F)c1Cl. The number of hydrogen-bond acceptors (Lipinski definition) is 7. The molecule has 1 aliphatic heterocycles. The highest BCUT2D eigenvalue weighted by Gasteiger charge is 2.24. The van der Waals surface area contributed by atoms with Crippen molar-refractivity contribution in [3.63, 3.8) is 0 Å². The Morgan fingerprint density at radius 3 is 2.76 bits per heavy atom. The van der Waals surface area contributed by atoms with Gasteiger partial charge in [0, 0.05) is 59.7 Å². The molecule has 1 fully saturated rings. The molecule has 0 radical (unpaired) electrons. The monoisotopic (exact) mass is 505 g/mol. The van der Waals surface area contributed by atoms with Gasteiger partial charge in [0.1, 0.15) is 29.3 Å². The van der Waals surface area contributed by atoms with Gasteiger partial charge in [0.25, 0.3) is 0 Å². The maximum Gasteiger partial charge on any atom is 0.224 e.